The number of aromatic nitrogens is 2. The van der Waals surface area contributed by atoms with E-state index in [1.54, 1.807) is 6.20 Å². The van der Waals surface area contributed by atoms with Crippen LogP contribution in [-0.4, -0.2) is 41.3 Å². The Balaban J connectivity index is 0.00000200. The normalized spacial score (nSPS) is 18.4. The fourth-order valence-electron chi connectivity index (χ4n) is 2.39. The van der Waals surface area contributed by atoms with Crippen molar-refractivity contribution in [2.24, 2.45) is 5.73 Å². The number of nitrogens with one attached hydrogen (secondary N) is 1. The second-order valence-corrected chi connectivity index (χ2v) is 5.06. The van der Waals surface area contributed by atoms with Crippen molar-refractivity contribution in [2.75, 3.05) is 18.0 Å². The third-order valence-electron chi connectivity index (χ3n) is 3.27. The lowest BCUT2D eigenvalue weighted by atomic mass is 10.2. The van der Waals surface area contributed by atoms with Gasteiger partial charge in [0.05, 0.1) is 0 Å². The molecule has 1 aliphatic rings. The predicted octanol–water partition coefficient (Wildman–Crippen LogP) is 1.14. The van der Waals surface area contributed by atoms with Crippen molar-refractivity contribution >= 4 is 36.5 Å². The van der Waals surface area contributed by atoms with E-state index in [2.05, 4.69) is 20.4 Å². The predicted molar refractivity (Wildman–Crippen MR) is 88.2 cm³/mol. The summed E-state index contributed by atoms with van der Waals surface area (Å²) >= 11 is 0. The molecule has 0 spiro atoms. The maximum atomic E-state index is 11.6. The van der Waals surface area contributed by atoms with Crippen LogP contribution in [0.15, 0.2) is 18.3 Å². The third kappa shape index (κ3) is 6.03. The molecule has 2 atom stereocenters. The van der Waals surface area contributed by atoms with Gasteiger partial charge in [0.1, 0.15) is 0 Å². The van der Waals surface area contributed by atoms with Gasteiger partial charge in [-0.15, -0.1) is 29.9 Å². The van der Waals surface area contributed by atoms with Crippen molar-refractivity contribution in [3.05, 3.63) is 18.3 Å². The van der Waals surface area contributed by atoms with Crippen LogP contribution in [0.3, 0.4) is 0 Å². The molecular weight excluding hydrogens is 313 g/mol. The molecule has 0 aromatic carbocycles. The average Bonchev–Trinajstić information content (AvgIpc) is 2.85. The van der Waals surface area contributed by atoms with Gasteiger partial charge in [-0.3, -0.25) is 4.79 Å². The second kappa shape index (κ2) is 9.76. The number of halogens is 2. The topological polar surface area (TPSA) is 84.1 Å². The summed E-state index contributed by atoms with van der Waals surface area (Å²) in [5.41, 5.74) is 5.61. The summed E-state index contributed by atoms with van der Waals surface area (Å²) in [7, 11) is 0. The molecule has 1 aromatic heterocycles. The Morgan fingerprint density at radius 2 is 2.33 bits per heavy atom. The smallest absolute Gasteiger partial charge is 0.221 e. The maximum Gasteiger partial charge on any atom is 0.221 e. The van der Waals surface area contributed by atoms with E-state index in [9.17, 15) is 4.79 Å². The zero-order chi connectivity index (χ0) is 13.7. The zero-order valence-corrected chi connectivity index (χ0v) is 13.7. The largest absolute Gasteiger partial charge is 0.354 e. The molecule has 0 aliphatic carbocycles. The van der Waals surface area contributed by atoms with Crippen LogP contribution < -0.4 is 16.0 Å². The minimum Gasteiger partial charge on any atom is -0.354 e. The lowest BCUT2D eigenvalue weighted by Crippen LogP contribution is -2.41. The third-order valence-corrected chi connectivity index (χ3v) is 3.27. The van der Waals surface area contributed by atoms with Crippen molar-refractivity contribution in [2.45, 2.75) is 38.3 Å². The molecule has 0 radical (unpaired) electrons. The van der Waals surface area contributed by atoms with E-state index in [1.165, 1.54) is 0 Å². The molecular formula is C13H23Cl2N5O. The average molecular weight is 336 g/mol. The van der Waals surface area contributed by atoms with Crippen LogP contribution in [-0.2, 0) is 4.79 Å². The highest BCUT2D eigenvalue weighted by molar-refractivity contribution is 5.85. The van der Waals surface area contributed by atoms with Gasteiger partial charge in [0.25, 0.3) is 0 Å². The molecule has 3 N–H and O–H groups in total. The number of nitrogens with zero attached hydrogens (tertiary/aromatic N) is 3. The maximum absolute atomic E-state index is 11.6. The number of amides is 1. The fraction of sp³-hybridized carbons (Fsp3) is 0.615. The highest BCUT2D eigenvalue weighted by Gasteiger charge is 2.26. The molecule has 0 saturated carbocycles. The van der Waals surface area contributed by atoms with Gasteiger partial charge in [0.15, 0.2) is 5.82 Å². The van der Waals surface area contributed by atoms with E-state index in [1.807, 2.05) is 19.1 Å². The Morgan fingerprint density at radius 1 is 1.57 bits per heavy atom. The molecule has 8 heteroatoms. The molecule has 2 unspecified atom stereocenters. The lowest BCUT2D eigenvalue weighted by molar-refractivity contribution is -0.121. The standard InChI is InChI=1S/C13H21N5O.2ClH/c1-10(14)8-13(19)15-9-11-4-3-7-18(11)12-5-2-6-16-17-12;;/h2,5-6,10-11H,3-4,7-9,14H2,1H3,(H,15,19);2*1H. The SMILES string of the molecule is CC(N)CC(=O)NCC1CCCN1c1cccnn1.Cl.Cl. The van der Waals surface area contributed by atoms with Gasteiger partial charge < -0.3 is 16.0 Å². The van der Waals surface area contributed by atoms with Gasteiger partial charge in [-0.25, -0.2) is 0 Å². The number of anilines is 1. The van der Waals surface area contributed by atoms with Crippen LogP contribution in [0.25, 0.3) is 0 Å². The van der Waals surface area contributed by atoms with E-state index in [0.29, 0.717) is 19.0 Å². The number of carbonyl (C=O) groups excluding carboxylic acids is 1. The van der Waals surface area contributed by atoms with Gasteiger partial charge in [-0.05, 0) is 31.9 Å². The Morgan fingerprint density at radius 3 is 2.95 bits per heavy atom. The summed E-state index contributed by atoms with van der Waals surface area (Å²) in [6.45, 7) is 3.44. The van der Waals surface area contributed by atoms with Gasteiger partial charge in [-0.2, -0.15) is 5.10 Å². The number of nitrogens with two attached hydrogens (primary N) is 1. The summed E-state index contributed by atoms with van der Waals surface area (Å²) in [6, 6.07) is 4.04. The molecule has 1 amide bonds. The molecule has 2 rings (SSSR count). The van der Waals surface area contributed by atoms with Crippen LogP contribution in [0, 0.1) is 0 Å². The first-order chi connectivity index (χ1) is 9.16. The number of rotatable bonds is 5. The fourth-order valence-corrected chi connectivity index (χ4v) is 2.39. The summed E-state index contributed by atoms with van der Waals surface area (Å²) in [4.78, 5) is 13.8. The second-order valence-electron chi connectivity index (χ2n) is 5.06. The molecule has 1 aliphatic heterocycles. The molecule has 0 bridgehead atoms. The highest BCUT2D eigenvalue weighted by Crippen LogP contribution is 2.22. The van der Waals surface area contributed by atoms with Crippen LogP contribution in [0.5, 0.6) is 0 Å². The van der Waals surface area contributed by atoms with Crippen molar-refractivity contribution in [3.63, 3.8) is 0 Å². The van der Waals surface area contributed by atoms with E-state index >= 15 is 0 Å². The summed E-state index contributed by atoms with van der Waals surface area (Å²) in [5, 5.41) is 11.0. The van der Waals surface area contributed by atoms with Gasteiger partial charge in [-0.1, -0.05) is 0 Å². The molecule has 21 heavy (non-hydrogen) atoms. The van der Waals surface area contributed by atoms with Crippen molar-refractivity contribution in [1.82, 2.24) is 15.5 Å². The van der Waals surface area contributed by atoms with E-state index < -0.39 is 0 Å². The number of hydrogen-bond acceptors (Lipinski definition) is 5. The summed E-state index contributed by atoms with van der Waals surface area (Å²) in [6.07, 6.45) is 4.22. The molecule has 1 fully saturated rings. The quantitative estimate of drug-likeness (QED) is 0.842. The molecule has 120 valence electrons. The van der Waals surface area contributed by atoms with Gasteiger partial charge >= 0.3 is 0 Å². The van der Waals surface area contributed by atoms with Crippen molar-refractivity contribution < 1.29 is 4.79 Å². The molecule has 6 nitrogen and oxygen atoms in total. The van der Waals surface area contributed by atoms with Crippen molar-refractivity contribution in [1.29, 1.82) is 0 Å². The minimum absolute atomic E-state index is 0. The highest BCUT2D eigenvalue weighted by atomic mass is 35.5. The van der Waals surface area contributed by atoms with Crippen molar-refractivity contribution in [3.8, 4) is 0 Å². The van der Waals surface area contributed by atoms with E-state index in [4.69, 9.17) is 5.73 Å². The lowest BCUT2D eigenvalue weighted by Gasteiger charge is -2.25. The van der Waals surface area contributed by atoms with Gasteiger partial charge in [0.2, 0.25) is 5.91 Å². The first kappa shape index (κ1) is 19.9. The minimum atomic E-state index is -0.0975. The van der Waals surface area contributed by atoms with Crippen LogP contribution in [0.1, 0.15) is 26.2 Å². The first-order valence-corrected chi connectivity index (χ1v) is 6.73. The molecule has 2 heterocycles. The Bertz CT molecular complexity index is 418. The zero-order valence-electron chi connectivity index (χ0n) is 12.1. The first-order valence-electron chi connectivity index (χ1n) is 6.73. The van der Waals surface area contributed by atoms with E-state index in [-0.39, 0.29) is 36.8 Å². The summed E-state index contributed by atoms with van der Waals surface area (Å²) in [5.74, 6) is 0.896. The molecule has 1 saturated heterocycles. The Hall–Kier alpha value is -1.11. The number of hydrogen-bond donors (Lipinski definition) is 2. The van der Waals surface area contributed by atoms with Crippen LogP contribution in [0.2, 0.25) is 0 Å². The van der Waals surface area contributed by atoms with Gasteiger partial charge in [0, 0.05) is 37.8 Å². The Labute approximate surface area is 137 Å². The summed E-state index contributed by atoms with van der Waals surface area (Å²) < 4.78 is 0. The van der Waals surface area contributed by atoms with Crippen LogP contribution >= 0.6 is 24.8 Å². The monoisotopic (exact) mass is 335 g/mol. The Kier molecular flexibility index (Phi) is 9.24. The molecule has 1 aromatic rings. The van der Waals surface area contributed by atoms with E-state index in [0.717, 1.165) is 25.2 Å². The van der Waals surface area contributed by atoms with Crippen LogP contribution in [0.4, 0.5) is 5.82 Å². The number of carbonyl (C=O) groups is 1.